The van der Waals surface area contributed by atoms with Crippen LogP contribution in [0.2, 0.25) is 0 Å². The van der Waals surface area contributed by atoms with E-state index < -0.39 is 0 Å². The zero-order valence-corrected chi connectivity index (χ0v) is 10.1. The van der Waals surface area contributed by atoms with Gasteiger partial charge >= 0.3 is 0 Å². The molecule has 0 saturated carbocycles. The molecule has 0 radical (unpaired) electrons. The fourth-order valence-corrected chi connectivity index (χ4v) is 2.15. The summed E-state index contributed by atoms with van der Waals surface area (Å²) in [6.45, 7) is 4.81. The lowest BCUT2D eigenvalue weighted by atomic mass is 10.1. The van der Waals surface area contributed by atoms with Crippen LogP contribution in [-0.2, 0) is 6.54 Å². The highest BCUT2D eigenvalue weighted by atomic mass is 16.1. The third kappa shape index (κ3) is 1.96. The molecule has 2 aromatic rings. The van der Waals surface area contributed by atoms with E-state index in [-0.39, 0.29) is 5.91 Å². The first-order valence-corrected chi connectivity index (χ1v) is 5.70. The van der Waals surface area contributed by atoms with Crippen molar-refractivity contribution in [2.75, 3.05) is 0 Å². The fourth-order valence-electron chi connectivity index (χ4n) is 2.15. The van der Waals surface area contributed by atoms with Crippen LogP contribution in [0.15, 0.2) is 36.4 Å². The first kappa shape index (κ1) is 11.5. The van der Waals surface area contributed by atoms with Gasteiger partial charge in [0.2, 0.25) is 0 Å². The van der Waals surface area contributed by atoms with Crippen LogP contribution in [0.25, 0.3) is 11.3 Å². The molecule has 3 nitrogen and oxygen atoms in total. The lowest BCUT2D eigenvalue weighted by molar-refractivity contribution is 0.0999. The lowest BCUT2D eigenvalue weighted by Gasteiger charge is -2.08. The fraction of sp³-hybridized carbons (Fsp3) is 0.214. The predicted molar refractivity (Wildman–Crippen MR) is 68.8 cm³/mol. The summed E-state index contributed by atoms with van der Waals surface area (Å²) in [5.41, 5.74) is 9.05. The molecule has 0 unspecified atom stereocenters. The smallest absolute Gasteiger partial charge is 0.250 e. The maximum Gasteiger partial charge on any atom is 0.250 e. The molecule has 0 aliphatic rings. The van der Waals surface area contributed by atoms with Gasteiger partial charge in [-0.15, -0.1) is 0 Å². The van der Waals surface area contributed by atoms with Crippen molar-refractivity contribution in [3.05, 3.63) is 47.7 Å². The molecule has 2 N–H and O–H groups in total. The van der Waals surface area contributed by atoms with Crippen LogP contribution >= 0.6 is 0 Å². The minimum Gasteiger partial charge on any atom is -0.366 e. The molecular formula is C14H16N2O. The second-order valence-corrected chi connectivity index (χ2v) is 4.00. The number of nitrogens with two attached hydrogens (primary N) is 1. The standard InChI is InChI=1S/C14H16N2O/c1-3-16-10(2)12(14(15)17)9-13(16)11-7-5-4-6-8-11/h4-9H,3H2,1-2H3,(H2,15,17). The highest BCUT2D eigenvalue weighted by molar-refractivity contribution is 5.95. The van der Waals surface area contributed by atoms with Gasteiger partial charge in [0, 0.05) is 17.9 Å². The Balaban J connectivity index is 2.62. The zero-order chi connectivity index (χ0) is 12.4. The summed E-state index contributed by atoms with van der Waals surface area (Å²) in [6, 6.07) is 11.9. The van der Waals surface area contributed by atoms with Gasteiger partial charge in [0.15, 0.2) is 0 Å². The third-order valence-electron chi connectivity index (χ3n) is 3.02. The van der Waals surface area contributed by atoms with Crippen molar-refractivity contribution in [3.63, 3.8) is 0 Å². The Kier molecular flexibility index (Phi) is 3.00. The quantitative estimate of drug-likeness (QED) is 0.862. The van der Waals surface area contributed by atoms with Crippen LogP contribution in [0, 0.1) is 6.92 Å². The number of benzene rings is 1. The van der Waals surface area contributed by atoms with Crippen molar-refractivity contribution in [1.29, 1.82) is 0 Å². The Morgan fingerprint density at radius 1 is 1.29 bits per heavy atom. The van der Waals surface area contributed by atoms with Crippen LogP contribution in [-0.4, -0.2) is 10.5 Å². The Bertz CT molecular complexity index is 541. The Labute approximate surface area is 101 Å². The Morgan fingerprint density at radius 3 is 2.47 bits per heavy atom. The number of aromatic nitrogens is 1. The third-order valence-corrected chi connectivity index (χ3v) is 3.02. The molecule has 3 heteroatoms. The van der Waals surface area contributed by atoms with Crippen LogP contribution in [0.3, 0.4) is 0 Å². The number of hydrogen-bond donors (Lipinski definition) is 1. The second kappa shape index (κ2) is 4.45. The van der Waals surface area contributed by atoms with Crippen molar-refractivity contribution in [1.82, 2.24) is 4.57 Å². The van der Waals surface area contributed by atoms with Crippen LogP contribution in [0.4, 0.5) is 0 Å². The number of carbonyl (C=O) groups is 1. The number of hydrogen-bond acceptors (Lipinski definition) is 1. The van der Waals surface area contributed by atoms with Gasteiger partial charge < -0.3 is 10.3 Å². The predicted octanol–water partition coefficient (Wildman–Crippen LogP) is 2.58. The van der Waals surface area contributed by atoms with E-state index >= 15 is 0 Å². The number of primary amides is 1. The molecule has 88 valence electrons. The van der Waals surface area contributed by atoms with Gasteiger partial charge in [-0.2, -0.15) is 0 Å². The Morgan fingerprint density at radius 2 is 1.94 bits per heavy atom. The van der Waals surface area contributed by atoms with Crippen molar-refractivity contribution in [3.8, 4) is 11.3 Å². The molecule has 0 aliphatic carbocycles. The number of rotatable bonds is 3. The molecule has 1 aromatic carbocycles. The van der Waals surface area contributed by atoms with Gasteiger partial charge in [0.1, 0.15) is 0 Å². The van der Waals surface area contributed by atoms with E-state index in [0.717, 1.165) is 23.5 Å². The molecule has 1 heterocycles. The summed E-state index contributed by atoms with van der Waals surface area (Å²) in [5.74, 6) is -0.369. The summed E-state index contributed by atoms with van der Waals surface area (Å²) < 4.78 is 2.11. The lowest BCUT2D eigenvalue weighted by Crippen LogP contribution is -2.12. The first-order chi connectivity index (χ1) is 8.15. The van der Waals surface area contributed by atoms with Crippen LogP contribution in [0.1, 0.15) is 23.0 Å². The average Bonchev–Trinajstić information content (AvgIpc) is 2.67. The van der Waals surface area contributed by atoms with Gasteiger partial charge in [0.05, 0.1) is 5.56 Å². The van der Waals surface area contributed by atoms with Crippen LogP contribution in [0.5, 0.6) is 0 Å². The highest BCUT2D eigenvalue weighted by Gasteiger charge is 2.15. The minimum absolute atomic E-state index is 0.369. The van der Waals surface area contributed by atoms with Crippen molar-refractivity contribution in [2.45, 2.75) is 20.4 Å². The summed E-state index contributed by atoms with van der Waals surface area (Å²) >= 11 is 0. The molecule has 0 saturated heterocycles. The molecule has 0 atom stereocenters. The summed E-state index contributed by atoms with van der Waals surface area (Å²) in [4.78, 5) is 11.3. The van der Waals surface area contributed by atoms with Crippen LogP contribution < -0.4 is 5.73 Å². The highest BCUT2D eigenvalue weighted by Crippen LogP contribution is 2.25. The minimum atomic E-state index is -0.369. The van der Waals surface area contributed by atoms with Crippen molar-refractivity contribution < 1.29 is 4.79 Å². The van der Waals surface area contributed by atoms with E-state index in [1.165, 1.54) is 0 Å². The molecule has 0 fully saturated rings. The van der Waals surface area contributed by atoms with E-state index in [9.17, 15) is 4.79 Å². The largest absolute Gasteiger partial charge is 0.366 e. The SMILES string of the molecule is CCn1c(-c2ccccc2)cc(C(N)=O)c1C. The van der Waals surface area contributed by atoms with Gasteiger partial charge in [-0.3, -0.25) is 4.79 Å². The van der Waals surface area contributed by atoms with E-state index in [0.29, 0.717) is 5.56 Å². The second-order valence-electron chi connectivity index (χ2n) is 4.00. The molecule has 1 aromatic heterocycles. The molecule has 1 amide bonds. The van der Waals surface area contributed by atoms with Gasteiger partial charge in [-0.25, -0.2) is 0 Å². The topological polar surface area (TPSA) is 48.0 Å². The van der Waals surface area contributed by atoms with Crippen molar-refractivity contribution >= 4 is 5.91 Å². The number of nitrogens with zero attached hydrogens (tertiary/aromatic N) is 1. The maximum atomic E-state index is 11.3. The van der Waals surface area contributed by atoms with E-state index in [1.54, 1.807) is 0 Å². The number of amides is 1. The summed E-state index contributed by atoms with van der Waals surface area (Å²) in [6.07, 6.45) is 0. The molecule has 0 bridgehead atoms. The number of carbonyl (C=O) groups excluding carboxylic acids is 1. The van der Waals surface area contributed by atoms with E-state index in [4.69, 9.17) is 5.73 Å². The van der Waals surface area contributed by atoms with Gasteiger partial charge in [-0.1, -0.05) is 30.3 Å². The molecule has 0 spiro atoms. The molecule has 2 rings (SSSR count). The normalized spacial score (nSPS) is 10.5. The molecular weight excluding hydrogens is 212 g/mol. The average molecular weight is 228 g/mol. The van der Waals surface area contributed by atoms with E-state index in [2.05, 4.69) is 11.5 Å². The summed E-state index contributed by atoms with van der Waals surface area (Å²) in [5, 5.41) is 0. The van der Waals surface area contributed by atoms with E-state index in [1.807, 2.05) is 43.3 Å². The zero-order valence-electron chi connectivity index (χ0n) is 10.1. The van der Waals surface area contributed by atoms with Gasteiger partial charge in [-0.05, 0) is 25.5 Å². The maximum absolute atomic E-state index is 11.3. The first-order valence-electron chi connectivity index (χ1n) is 5.70. The molecule has 0 aliphatic heterocycles. The monoisotopic (exact) mass is 228 g/mol. The Hall–Kier alpha value is -2.03. The van der Waals surface area contributed by atoms with Crippen molar-refractivity contribution in [2.24, 2.45) is 5.73 Å². The molecule has 17 heavy (non-hydrogen) atoms. The summed E-state index contributed by atoms with van der Waals surface area (Å²) in [7, 11) is 0. The van der Waals surface area contributed by atoms with Gasteiger partial charge in [0.25, 0.3) is 5.91 Å².